The van der Waals surface area contributed by atoms with Gasteiger partial charge in [0.2, 0.25) is 0 Å². The molecule has 0 aromatic carbocycles. The lowest BCUT2D eigenvalue weighted by Gasteiger charge is -2.04. The van der Waals surface area contributed by atoms with Crippen LogP contribution in [0.25, 0.3) is 0 Å². The molecule has 0 spiro atoms. The van der Waals surface area contributed by atoms with Crippen LogP contribution in [0, 0.1) is 11.8 Å². The van der Waals surface area contributed by atoms with Crippen LogP contribution >= 0.6 is 23.1 Å². The minimum absolute atomic E-state index is 0.232. The predicted molar refractivity (Wildman–Crippen MR) is 68.1 cm³/mol. The molecule has 1 rings (SSSR count). The van der Waals surface area contributed by atoms with Gasteiger partial charge in [0.15, 0.2) is 0 Å². The van der Waals surface area contributed by atoms with Crippen LogP contribution in [0.4, 0.5) is 0 Å². The maximum atomic E-state index is 8.88. The zero-order valence-electron chi connectivity index (χ0n) is 8.69. The van der Waals surface area contributed by atoms with Crippen molar-refractivity contribution in [2.75, 3.05) is 13.2 Å². The first kappa shape index (κ1) is 12.6. The van der Waals surface area contributed by atoms with E-state index >= 15 is 0 Å². The second-order valence-corrected chi connectivity index (χ2v) is 5.67. The number of aliphatic hydroxyl groups excluding tert-OH is 1. The van der Waals surface area contributed by atoms with Crippen molar-refractivity contribution in [3.8, 4) is 11.8 Å². The normalized spacial score (nSPS) is 11.9. The average molecular weight is 241 g/mol. The van der Waals surface area contributed by atoms with E-state index in [0.29, 0.717) is 11.8 Å². The number of aliphatic hydroxyl groups is 1. The first-order valence-corrected chi connectivity index (χ1v) is 6.63. The summed E-state index contributed by atoms with van der Waals surface area (Å²) < 4.78 is 0. The molecule has 0 radical (unpaired) electrons. The molecule has 0 amide bonds. The summed E-state index contributed by atoms with van der Waals surface area (Å²) >= 11 is 3.45. The largest absolute Gasteiger partial charge is 0.395 e. The molecule has 1 heterocycles. The number of rotatable bonds is 4. The lowest BCUT2D eigenvalue weighted by atomic mass is 10.4. The number of hydrogen-bond donors (Lipinski definition) is 2. The van der Waals surface area contributed by atoms with Crippen LogP contribution < -0.4 is 5.73 Å². The summed E-state index contributed by atoms with van der Waals surface area (Å²) in [5.41, 5.74) is 5.30. The van der Waals surface area contributed by atoms with Crippen molar-refractivity contribution in [1.82, 2.24) is 0 Å². The maximum absolute atomic E-state index is 8.88. The second kappa shape index (κ2) is 6.91. The summed E-state index contributed by atoms with van der Waals surface area (Å²) in [5, 5.41) is 9.18. The van der Waals surface area contributed by atoms with Crippen LogP contribution in [-0.2, 0) is 5.75 Å². The topological polar surface area (TPSA) is 46.2 Å². The van der Waals surface area contributed by atoms with E-state index in [1.807, 2.05) is 13.0 Å². The summed E-state index contributed by atoms with van der Waals surface area (Å²) in [6.45, 7) is 2.66. The van der Waals surface area contributed by atoms with Crippen LogP contribution in [0.15, 0.2) is 12.1 Å². The molecule has 4 heteroatoms. The van der Waals surface area contributed by atoms with E-state index in [0.717, 1.165) is 10.6 Å². The van der Waals surface area contributed by atoms with Crippen LogP contribution in [0.1, 0.15) is 16.7 Å². The number of thioether (sulfide) groups is 1. The fourth-order valence-corrected chi connectivity index (χ4v) is 2.71. The quantitative estimate of drug-likeness (QED) is 0.788. The number of nitrogens with two attached hydrogens (primary N) is 1. The minimum atomic E-state index is 0.232. The first-order chi connectivity index (χ1) is 7.26. The molecule has 1 aromatic rings. The van der Waals surface area contributed by atoms with Gasteiger partial charge in [0.05, 0.1) is 18.0 Å². The van der Waals surface area contributed by atoms with Gasteiger partial charge in [-0.05, 0) is 12.1 Å². The van der Waals surface area contributed by atoms with Crippen molar-refractivity contribution in [2.45, 2.75) is 17.9 Å². The Morgan fingerprint density at radius 3 is 3.07 bits per heavy atom. The van der Waals surface area contributed by atoms with E-state index in [9.17, 15) is 0 Å². The summed E-state index contributed by atoms with van der Waals surface area (Å²) in [6, 6.07) is 4.11. The Morgan fingerprint density at radius 1 is 1.60 bits per heavy atom. The van der Waals surface area contributed by atoms with Gasteiger partial charge in [-0.25, -0.2) is 0 Å². The van der Waals surface area contributed by atoms with Gasteiger partial charge in [-0.3, -0.25) is 0 Å². The molecule has 0 aliphatic rings. The number of thiophene rings is 1. The highest BCUT2D eigenvalue weighted by molar-refractivity contribution is 7.99. The molecule has 0 aliphatic heterocycles. The second-order valence-electron chi connectivity index (χ2n) is 3.08. The molecule has 15 heavy (non-hydrogen) atoms. The van der Waals surface area contributed by atoms with Gasteiger partial charge in [0.25, 0.3) is 0 Å². The summed E-state index contributed by atoms with van der Waals surface area (Å²) in [4.78, 5) is 2.36. The standard InChI is InChI=1S/C11H15NOS2/c1-9(7-13)14-8-11-5-4-10(15-11)3-2-6-12/h4-5,9,13H,6-8,12H2,1H3. The monoisotopic (exact) mass is 241 g/mol. The van der Waals surface area contributed by atoms with E-state index in [2.05, 4.69) is 17.9 Å². The molecule has 82 valence electrons. The Hall–Kier alpha value is -0.470. The molecular weight excluding hydrogens is 226 g/mol. The van der Waals surface area contributed by atoms with Gasteiger partial charge < -0.3 is 10.8 Å². The summed E-state index contributed by atoms with van der Waals surface area (Å²) in [5.74, 6) is 6.79. The highest BCUT2D eigenvalue weighted by Crippen LogP contribution is 2.23. The molecule has 0 aliphatic carbocycles. The van der Waals surface area contributed by atoms with Crippen molar-refractivity contribution >= 4 is 23.1 Å². The minimum Gasteiger partial charge on any atom is -0.395 e. The van der Waals surface area contributed by atoms with Crippen molar-refractivity contribution < 1.29 is 5.11 Å². The summed E-state index contributed by atoms with van der Waals surface area (Å²) in [7, 11) is 0. The molecule has 2 nitrogen and oxygen atoms in total. The molecule has 3 N–H and O–H groups in total. The average Bonchev–Trinajstić information content (AvgIpc) is 2.71. The smallest absolute Gasteiger partial charge is 0.0772 e. The van der Waals surface area contributed by atoms with Crippen molar-refractivity contribution in [3.63, 3.8) is 0 Å². The SMILES string of the molecule is CC(CO)SCc1ccc(C#CCN)s1. The van der Waals surface area contributed by atoms with Crippen LogP contribution in [0.5, 0.6) is 0 Å². The molecule has 1 aromatic heterocycles. The van der Waals surface area contributed by atoms with Gasteiger partial charge in [-0.2, -0.15) is 11.8 Å². The van der Waals surface area contributed by atoms with E-state index < -0.39 is 0 Å². The molecule has 0 saturated heterocycles. The summed E-state index contributed by atoms with van der Waals surface area (Å²) in [6.07, 6.45) is 0. The lowest BCUT2D eigenvalue weighted by Crippen LogP contribution is -2.01. The van der Waals surface area contributed by atoms with Gasteiger partial charge in [-0.15, -0.1) is 11.3 Å². The van der Waals surface area contributed by atoms with Gasteiger partial charge in [-0.1, -0.05) is 18.8 Å². The highest BCUT2D eigenvalue weighted by atomic mass is 32.2. The Morgan fingerprint density at radius 2 is 2.40 bits per heavy atom. The molecule has 0 saturated carbocycles. The lowest BCUT2D eigenvalue weighted by molar-refractivity contribution is 0.300. The number of hydrogen-bond acceptors (Lipinski definition) is 4. The molecule has 0 bridgehead atoms. The zero-order chi connectivity index (χ0) is 11.1. The van der Waals surface area contributed by atoms with Gasteiger partial charge in [0, 0.05) is 15.9 Å². The van der Waals surface area contributed by atoms with E-state index in [1.54, 1.807) is 23.1 Å². The molecular formula is C11H15NOS2. The Bertz CT molecular complexity index is 351. The molecule has 1 atom stereocenters. The first-order valence-electron chi connectivity index (χ1n) is 4.76. The third kappa shape index (κ3) is 4.72. The predicted octanol–water partition coefficient (Wildman–Crippen LogP) is 1.67. The van der Waals surface area contributed by atoms with Crippen LogP contribution in [-0.4, -0.2) is 23.5 Å². The Balaban J connectivity index is 2.46. The van der Waals surface area contributed by atoms with Crippen LogP contribution in [0.2, 0.25) is 0 Å². The highest BCUT2D eigenvalue weighted by Gasteiger charge is 2.03. The Labute approximate surface area is 98.9 Å². The van der Waals surface area contributed by atoms with E-state index in [-0.39, 0.29) is 6.61 Å². The fourth-order valence-electron chi connectivity index (χ4n) is 0.938. The third-order valence-electron chi connectivity index (χ3n) is 1.74. The van der Waals surface area contributed by atoms with Crippen molar-refractivity contribution in [2.24, 2.45) is 5.73 Å². The third-order valence-corrected chi connectivity index (χ3v) is 4.12. The molecule has 1 unspecified atom stereocenters. The van der Waals surface area contributed by atoms with E-state index in [1.165, 1.54) is 4.88 Å². The van der Waals surface area contributed by atoms with Gasteiger partial charge in [0.1, 0.15) is 0 Å². The van der Waals surface area contributed by atoms with E-state index in [4.69, 9.17) is 10.8 Å². The maximum Gasteiger partial charge on any atom is 0.0772 e. The zero-order valence-corrected chi connectivity index (χ0v) is 10.3. The van der Waals surface area contributed by atoms with Crippen molar-refractivity contribution in [1.29, 1.82) is 0 Å². The molecule has 0 fully saturated rings. The van der Waals surface area contributed by atoms with Crippen molar-refractivity contribution in [3.05, 3.63) is 21.9 Å². The Kier molecular flexibility index (Phi) is 5.81. The fraction of sp³-hybridized carbons (Fsp3) is 0.455. The van der Waals surface area contributed by atoms with Crippen LogP contribution in [0.3, 0.4) is 0 Å². The van der Waals surface area contributed by atoms with Gasteiger partial charge >= 0.3 is 0 Å².